The van der Waals surface area contributed by atoms with Crippen molar-refractivity contribution in [2.75, 3.05) is 12.3 Å². The first kappa shape index (κ1) is 12.5. The number of hydrogen-bond donors (Lipinski definition) is 3. The van der Waals surface area contributed by atoms with Gasteiger partial charge in [-0.15, -0.1) is 0 Å². The van der Waals surface area contributed by atoms with E-state index in [1.54, 1.807) is 6.92 Å². The van der Waals surface area contributed by atoms with Gasteiger partial charge in [-0.05, 0) is 25.0 Å². The Morgan fingerprint density at radius 2 is 2.19 bits per heavy atom. The van der Waals surface area contributed by atoms with Crippen molar-refractivity contribution in [3.05, 3.63) is 29.8 Å². The van der Waals surface area contributed by atoms with Gasteiger partial charge in [0.25, 0.3) is 0 Å². The third-order valence-corrected chi connectivity index (χ3v) is 2.27. The van der Waals surface area contributed by atoms with Crippen LogP contribution in [0.2, 0.25) is 0 Å². The number of hydrogen-bond acceptors (Lipinski definition) is 3. The minimum Gasteiger partial charge on any atom is -0.399 e. The fraction of sp³-hybridized carbons (Fsp3) is 0.417. The van der Waals surface area contributed by atoms with Crippen molar-refractivity contribution in [1.82, 2.24) is 5.32 Å². The number of nitrogens with one attached hydrogen (secondary N) is 1. The summed E-state index contributed by atoms with van der Waals surface area (Å²) in [5.74, 6) is -0.0656. The molecule has 0 radical (unpaired) electrons. The molecule has 1 aromatic carbocycles. The SMILES string of the molecule is C[C@@H](O)CNC(=O)CCc1ccccc1N. The van der Waals surface area contributed by atoms with Gasteiger partial charge in [0.05, 0.1) is 6.10 Å². The Labute approximate surface area is 95.5 Å². The Bertz CT molecular complexity index is 351. The second-order valence-corrected chi connectivity index (χ2v) is 3.85. The summed E-state index contributed by atoms with van der Waals surface area (Å²) in [7, 11) is 0. The zero-order valence-corrected chi connectivity index (χ0v) is 9.44. The van der Waals surface area contributed by atoms with Crippen LogP contribution in [-0.4, -0.2) is 23.7 Å². The molecule has 0 bridgehead atoms. The molecule has 0 aromatic heterocycles. The standard InChI is InChI=1S/C12H18N2O2/c1-9(15)8-14-12(16)7-6-10-4-2-3-5-11(10)13/h2-5,9,15H,6-8,13H2,1H3,(H,14,16)/t9-/m1/s1. The van der Waals surface area contributed by atoms with E-state index in [1.807, 2.05) is 24.3 Å². The summed E-state index contributed by atoms with van der Waals surface area (Å²) < 4.78 is 0. The van der Waals surface area contributed by atoms with E-state index in [0.29, 0.717) is 25.1 Å². The predicted octanol–water partition coefficient (Wildman–Crippen LogP) is 0.698. The lowest BCUT2D eigenvalue weighted by molar-refractivity contribution is -0.121. The average molecular weight is 222 g/mol. The number of aliphatic hydroxyl groups is 1. The van der Waals surface area contributed by atoms with Gasteiger partial charge in [-0.25, -0.2) is 0 Å². The van der Waals surface area contributed by atoms with Crippen LogP contribution in [0.25, 0.3) is 0 Å². The lowest BCUT2D eigenvalue weighted by Crippen LogP contribution is -2.30. The van der Waals surface area contributed by atoms with Crippen LogP contribution in [0, 0.1) is 0 Å². The number of nitrogens with two attached hydrogens (primary N) is 1. The lowest BCUT2D eigenvalue weighted by atomic mass is 10.1. The molecule has 16 heavy (non-hydrogen) atoms. The van der Waals surface area contributed by atoms with Gasteiger partial charge in [0.1, 0.15) is 0 Å². The number of para-hydroxylation sites is 1. The molecule has 0 spiro atoms. The largest absolute Gasteiger partial charge is 0.399 e. The normalized spacial score (nSPS) is 12.1. The second-order valence-electron chi connectivity index (χ2n) is 3.85. The first-order valence-electron chi connectivity index (χ1n) is 5.37. The highest BCUT2D eigenvalue weighted by Crippen LogP contribution is 2.12. The number of benzene rings is 1. The summed E-state index contributed by atoms with van der Waals surface area (Å²) in [4.78, 5) is 11.4. The molecule has 0 aliphatic carbocycles. The van der Waals surface area contributed by atoms with Crippen molar-refractivity contribution < 1.29 is 9.90 Å². The van der Waals surface area contributed by atoms with Gasteiger partial charge in [-0.3, -0.25) is 4.79 Å². The van der Waals surface area contributed by atoms with Crippen LogP contribution < -0.4 is 11.1 Å². The zero-order chi connectivity index (χ0) is 12.0. The predicted molar refractivity (Wildman–Crippen MR) is 63.9 cm³/mol. The van der Waals surface area contributed by atoms with Gasteiger partial charge in [-0.2, -0.15) is 0 Å². The van der Waals surface area contributed by atoms with Crippen molar-refractivity contribution in [2.45, 2.75) is 25.9 Å². The van der Waals surface area contributed by atoms with Crippen molar-refractivity contribution in [2.24, 2.45) is 0 Å². The number of rotatable bonds is 5. The highest BCUT2D eigenvalue weighted by molar-refractivity contribution is 5.76. The van der Waals surface area contributed by atoms with Crippen molar-refractivity contribution in [3.8, 4) is 0 Å². The second kappa shape index (κ2) is 6.12. The van der Waals surface area contributed by atoms with Gasteiger partial charge in [-0.1, -0.05) is 18.2 Å². The molecule has 0 saturated carbocycles. The van der Waals surface area contributed by atoms with Crippen LogP contribution in [0.5, 0.6) is 0 Å². The number of anilines is 1. The monoisotopic (exact) mass is 222 g/mol. The minimum absolute atomic E-state index is 0.0656. The summed E-state index contributed by atoms with van der Waals surface area (Å²) in [6.07, 6.45) is 0.505. The maximum absolute atomic E-state index is 11.4. The molecule has 1 aromatic rings. The molecule has 0 heterocycles. The molecule has 1 atom stereocenters. The quantitative estimate of drug-likeness (QED) is 0.642. The van der Waals surface area contributed by atoms with E-state index < -0.39 is 6.10 Å². The maximum atomic E-state index is 11.4. The van der Waals surface area contributed by atoms with E-state index in [2.05, 4.69) is 5.32 Å². The number of nitrogen functional groups attached to an aromatic ring is 1. The molecule has 0 saturated heterocycles. The highest BCUT2D eigenvalue weighted by atomic mass is 16.3. The molecule has 0 aliphatic heterocycles. The summed E-state index contributed by atoms with van der Waals surface area (Å²) in [6.45, 7) is 1.93. The van der Waals surface area contributed by atoms with E-state index >= 15 is 0 Å². The number of amides is 1. The van der Waals surface area contributed by atoms with Crippen molar-refractivity contribution in [3.63, 3.8) is 0 Å². The third kappa shape index (κ3) is 4.31. The molecule has 0 fully saturated rings. The first-order valence-corrected chi connectivity index (χ1v) is 5.37. The zero-order valence-electron chi connectivity index (χ0n) is 9.44. The van der Waals surface area contributed by atoms with Crippen molar-refractivity contribution >= 4 is 11.6 Å². The Hall–Kier alpha value is -1.55. The molecule has 4 heteroatoms. The van der Waals surface area contributed by atoms with Crippen molar-refractivity contribution in [1.29, 1.82) is 0 Å². The fourth-order valence-corrected chi connectivity index (χ4v) is 1.36. The lowest BCUT2D eigenvalue weighted by Gasteiger charge is -2.08. The van der Waals surface area contributed by atoms with Crippen LogP contribution >= 0.6 is 0 Å². The third-order valence-electron chi connectivity index (χ3n) is 2.27. The van der Waals surface area contributed by atoms with E-state index in [9.17, 15) is 4.79 Å². The number of aryl methyl sites for hydroxylation is 1. The molecule has 4 nitrogen and oxygen atoms in total. The van der Waals surface area contributed by atoms with Gasteiger partial charge in [0.15, 0.2) is 0 Å². The van der Waals surface area contributed by atoms with Gasteiger partial charge in [0.2, 0.25) is 5.91 Å². The van der Waals surface area contributed by atoms with Crippen LogP contribution in [0.15, 0.2) is 24.3 Å². The molecule has 4 N–H and O–H groups in total. The van der Waals surface area contributed by atoms with Crippen LogP contribution in [-0.2, 0) is 11.2 Å². The molecule has 1 amide bonds. The number of aliphatic hydroxyl groups excluding tert-OH is 1. The fourth-order valence-electron chi connectivity index (χ4n) is 1.36. The Morgan fingerprint density at radius 3 is 2.81 bits per heavy atom. The summed E-state index contributed by atoms with van der Waals surface area (Å²) in [5.41, 5.74) is 7.45. The molecule has 1 rings (SSSR count). The highest BCUT2D eigenvalue weighted by Gasteiger charge is 2.04. The van der Waals surface area contributed by atoms with Crippen LogP contribution in [0.1, 0.15) is 18.9 Å². The van der Waals surface area contributed by atoms with Gasteiger partial charge in [0, 0.05) is 18.7 Å². The molecular weight excluding hydrogens is 204 g/mol. The van der Waals surface area contributed by atoms with E-state index in [4.69, 9.17) is 10.8 Å². The molecule has 0 aliphatic rings. The summed E-state index contributed by atoms with van der Waals surface area (Å²) in [6, 6.07) is 7.51. The van der Waals surface area contributed by atoms with Gasteiger partial charge >= 0.3 is 0 Å². The number of carbonyl (C=O) groups is 1. The average Bonchev–Trinajstić information content (AvgIpc) is 2.25. The maximum Gasteiger partial charge on any atom is 0.220 e. The molecule has 0 unspecified atom stereocenters. The van der Waals surface area contributed by atoms with E-state index in [-0.39, 0.29) is 5.91 Å². The van der Waals surface area contributed by atoms with E-state index in [1.165, 1.54) is 0 Å². The van der Waals surface area contributed by atoms with Crippen LogP contribution in [0.3, 0.4) is 0 Å². The van der Waals surface area contributed by atoms with Crippen LogP contribution in [0.4, 0.5) is 5.69 Å². The van der Waals surface area contributed by atoms with E-state index in [0.717, 1.165) is 5.56 Å². The topological polar surface area (TPSA) is 75.3 Å². The molecule has 88 valence electrons. The Kier molecular flexibility index (Phi) is 4.79. The first-order chi connectivity index (χ1) is 7.59. The summed E-state index contributed by atoms with van der Waals surface area (Å²) >= 11 is 0. The minimum atomic E-state index is -0.509. The molecular formula is C12H18N2O2. The Balaban J connectivity index is 2.35. The Morgan fingerprint density at radius 1 is 1.50 bits per heavy atom. The van der Waals surface area contributed by atoms with Gasteiger partial charge < -0.3 is 16.2 Å². The number of carbonyl (C=O) groups excluding carboxylic acids is 1. The smallest absolute Gasteiger partial charge is 0.220 e. The summed E-state index contributed by atoms with van der Waals surface area (Å²) in [5, 5.41) is 11.6.